The van der Waals surface area contributed by atoms with E-state index < -0.39 is 18.5 Å². The van der Waals surface area contributed by atoms with Gasteiger partial charge in [0.15, 0.2) is 0 Å². The standard InChI is InChI=1S/C8H13F2NO3/c1-5(8(13)14)2-3-11-4-6(12)7(9)10/h2,6-7,11-12H,3-4H2,1H3,(H,13,14). The van der Waals surface area contributed by atoms with Crippen molar-refractivity contribution in [3.63, 3.8) is 0 Å². The summed E-state index contributed by atoms with van der Waals surface area (Å²) in [6.07, 6.45) is -3.15. The van der Waals surface area contributed by atoms with Crippen LogP contribution in [0, 0.1) is 0 Å². The molecule has 4 nitrogen and oxygen atoms in total. The highest BCUT2D eigenvalue weighted by molar-refractivity contribution is 5.85. The Morgan fingerprint density at radius 3 is 2.57 bits per heavy atom. The molecule has 14 heavy (non-hydrogen) atoms. The number of hydrogen-bond acceptors (Lipinski definition) is 3. The van der Waals surface area contributed by atoms with Gasteiger partial charge in [0.1, 0.15) is 6.10 Å². The van der Waals surface area contributed by atoms with Crippen LogP contribution in [0.4, 0.5) is 8.78 Å². The van der Waals surface area contributed by atoms with Crippen molar-refractivity contribution < 1.29 is 23.8 Å². The monoisotopic (exact) mass is 209 g/mol. The van der Waals surface area contributed by atoms with Crippen LogP contribution in [0.25, 0.3) is 0 Å². The van der Waals surface area contributed by atoms with Gasteiger partial charge < -0.3 is 15.5 Å². The van der Waals surface area contributed by atoms with Crippen molar-refractivity contribution in [3.8, 4) is 0 Å². The van der Waals surface area contributed by atoms with Crippen LogP contribution >= 0.6 is 0 Å². The molecular formula is C8H13F2NO3. The number of aliphatic hydroxyl groups is 1. The van der Waals surface area contributed by atoms with Gasteiger partial charge in [0.2, 0.25) is 0 Å². The number of hydrogen-bond donors (Lipinski definition) is 3. The number of halogens is 2. The zero-order chi connectivity index (χ0) is 11.1. The molecule has 82 valence electrons. The molecule has 3 N–H and O–H groups in total. The Morgan fingerprint density at radius 1 is 1.57 bits per heavy atom. The first-order valence-electron chi connectivity index (χ1n) is 4.02. The number of rotatable bonds is 6. The van der Waals surface area contributed by atoms with E-state index in [-0.39, 0.29) is 18.7 Å². The van der Waals surface area contributed by atoms with E-state index in [1.165, 1.54) is 13.0 Å². The van der Waals surface area contributed by atoms with Crippen molar-refractivity contribution in [2.75, 3.05) is 13.1 Å². The predicted octanol–water partition coefficient (Wildman–Crippen LogP) is 0.233. The molecular weight excluding hydrogens is 196 g/mol. The van der Waals surface area contributed by atoms with Crippen LogP contribution in [-0.4, -0.2) is 41.8 Å². The molecule has 0 saturated heterocycles. The number of aliphatic carboxylic acids is 1. The van der Waals surface area contributed by atoms with Crippen molar-refractivity contribution in [2.24, 2.45) is 0 Å². The minimum absolute atomic E-state index is 0.129. The summed E-state index contributed by atoms with van der Waals surface area (Å²) in [7, 11) is 0. The zero-order valence-electron chi connectivity index (χ0n) is 7.70. The lowest BCUT2D eigenvalue weighted by atomic mass is 10.3. The van der Waals surface area contributed by atoms with Crippen LogP contribution in [0.3, 0.4) is 0 Å². The van der Waals surface area contributed by atoms with E-state index in [4.69, 9.17) is 10.2 Å². The number of alkyl halides is 2. The van der Waals surface area contributed by atoms with Gasteiger partial charge in [0.25, 0.3) is 6.43 Å². The number of aliphatic hydroxyl groups excluding tert-OH is 1. The van der Waals surface area contributed by atoms with Gasteiger partial charge in [-0.2, -0.15) is 0 Å². The third-order valence-electron chi connectivity index (χ3n) is 1.53. The summed E-state index contributed by atoms with van der Waals surface area (Å²) in [5, 5.41) is 19.5. The van der Waals surface area contributed by atoms with Gasteiger partial charge in [0, 0.05) is 18.7 Å². The van der Waals surface area contributed by atoms with Crippen LogP contribution in [0.5, 0.6) is 0 Å². The number of nitrogens with one attached hydrogen (secondary N) is 1. The second kappa shape index (κ2) is 6.44. The minimum atomic E-state index is -2.79. The second-order valence-electron chi connectivity index (χ2n) is 2.75. The van der Waals surface area contributed by atoms with E-state index in [9.17, 15) is 13.6 Å². The number of carbonyl (C=O) groups is 1. The molecule has 0 aliphatic carbocycles. The molecule has 0 aliphatic heterocycles. The van der Waals surface area contributed by atoms with Crippen LogP contribution in [0.1, 0.15) is 6.92 Å². The Balaban J connectivity index is 3.66. The predicted molar refractivity (Wildman–Crippen MR) is 46.3 cm³/mol. The average molecular weight is 209 g/mol. The minimum Gasteiger partial charge on any atom is -0.478 e. The maximum atomic E-state index is 11.7. The quantitative estimate of drug-likeness (QED) is 0.432. The maximum Gasteiger partial charge on any atom is 0.330 e. The molecule has 0 aliphatic rings. The zero-order valence-corrected chi connectivity index (χ0v) is 7.70. The molecule has 0 rings (SSSR count). The maximum absolute atomic E-state index is 11.7. The Morgan fingerprint density at radius 2 is 2.14 bits per heavy atom. The molecule has 0 heterocycles. The molecule has 6 heteroatoms. The molecule has 0 aromatic rings. The Bertz CT molecular complexity index is 219. The highest BCUT2D eigenvalue weighted by Crippen LogP contribution is 1.98. The van der Waals surface area contributed by atoms with Crippen molar-refractivity contribution in [1.29, 1.82) is 0 Å². The first-order valence-corrected chi connectivity index (χ1v) is 4.02. The average Bonchev–Trinajstić information content (AvgIpc) is 2.11. The van der Waals surface area contributed by atoms with Crippen molar-refractivity contribution >= 4 is 5.97 Å². The fraction of sp³-hybridized carbons (Fsp3) is 0.625. The van der Waals surface area contributed by atoms with Crippen molar-refractivity contribution in [3.05, 3.63) is 11.6 Å². The molecule has 1 unspecified atom stereocenters. The number of carboxylic acid groups (broad SMARTS) is 1. The lowest BCUT2D eigenvalue weighted by Gasteiger charge is -2.08. The van der Waals surface area contributed by atoms with E-state index in [0.29, 0.717) is 0 Å². The smallest absolute Gasteiger partial charge is 0.330 e. The second-order valence-corrected chi connectivity index (χ2v) is 2.75. The summed E-state index contributed by atoms with van der Waals surface area (Å²) in [6.45, 7) is 1.27. The molecule has 0 amide bonds. The van der Waals surface area contributed by atoms with Crippen molar-refractivity contribution in [2.45, 2.75) is 19.5 Å². The fourth-order valence-electron chi connectivity index (χ4n) is 0.633. The normalized spacial score (nSPS) is 14.5. The lowest BCUT2D eigenvalue weighted by Crippen LogP contribution is -2.32. The molecule has 0 fully saturated rings. The summed E-state index contributed by atoms with van der Waals surface area (Å²) in [5.41, 5.74) is 0.129. The summed E-state index contributed by atoms with van der Waals surface area (Å²) < 4.78 is 23.5. The molecule has 1 atom stereocenters. The largest absolute Gasteiger partial charge is 0.478 e. The summed E-state index contributed by atoms with van der Waals surface area (Å²) in [5.74, 6) is -1.05. The summed E-state index contributed by atoms with van der Waals surface area (Å²) >= 11 is 0. The topological polar surface area (TPSA) is 69.6 Å². The van der Waals surface area contributed by atoms with Gasteiger partial charge >= 0.3 is 5.97 Å². The van der Waals surface area contributed by atoms with Crippen LogP contribution < -0.4 is 5.32 Å². The Labute approximate surface area is 80.2 Å². The highest BCUT2D eigenvalue weighted by Gasteiger charge is 2.15. The summed E-state index contributed by atoms with van der Waals surface area (Å²) in [6, 6.07) is 0. The van der Waals surface area contributed by atoms with E-state index in [2.05, 4.69) is 5.32 Å². The van der Waals surface area contributed by atoms with Gasteiger partial charge in [-0.3, -0.25) is 0 Å². The SMILES string of the molecule is CC(=CCNCC(O)C(F)F)C(=O)O. The molecule has 0 spiro atoms. The highest BCUT2D eigenvalue weighted by atomic mass is 19.3. The number of carboxylic acids is 1. The van der Waals surface area contributed by atoms with Crippen LogP contribution in [0.2, 0.25) is 0 Å². The molecule has 0 bridgehead atoms. The Kier molecular flexibility index (Phi) is 5.98. The van der Waals surface area contributed by atoms with E-state index in [0.717, 1.165) is 0 Å². The van der Waals surface area contributed by atoms with Gasteiger partial charge in [-0.25, -0.2) is 13.6 Å². The van der Waals surface area contributed by atoms with E-state index >= 15 is 0 Å². The van der Waals surface area contributed by atoms with Gasteiger partial charge in [-0.05, 0) is 6.92 Å². The van der Waals surface area contributed by atoms with Gasteiger partial charge in [-0.15, -0.1) is 0 Å². The first kappa shape index (κ1) is 13.0. The van der Waals surface area contributed by atoms with E-state index in [1.807, 2.05) is 0 Å². The molecule has 0 aromatic carbocycles. The fourth-order valence-corrected chi connectivity index (χ4v) is 0.633. The van der Waals surface area contributed by atoms with Crippen molar-refractivity contribution in [1.82, 2.24) is 5.32 Å². The summed E-state index contributed by atoms with van der Waals surface area (Å²) in [4.78, 5) is 10.3. The molecule has 0 aromatic heterocycles. The van der Waals surface area contributed by atoms with Gasteiger partial charge in [-0.1, -0.05) is 6.08 Å². The third-order valence-corrected chi connectivity index (χ3v) is 1.53. The van der Waals surface area contributed by atoms with Gasteiger partial charge in [0.05, 0.1) is 0 Å². The van der Waals surface area contributed by atoms with E-state index in [1.54, 1.807) is 0 Å². The molecule has 0 saturated carbocycles. The molecule has 0 radical (unpaired) electrons. The lowest BCUT2D eigenvalue weighted by molar-refractivity contribution is -0.132. The van der Waals surface area contributed by atoms with Crippen LogP contribution in [0.15, 0.2) is 11.6 Å². The van der Waals surface area contributed by atoms with Crippen LogP contribution in [-0.2, 0) is 4.79 Å². The Hall–Kier alpha value is -1.01. The first-order chi connectivity index (χ1) is 6.45. The third kappa shape index (κ3) is 5.60.